The summed E-state index contributed by atoms with van der Waals surface area (Å²) in [5.74, 6) is -0.822. The third kappa shape index (κ3) is 5.30. The van der Waals surface area contributed by atoms with Gasteiger partial charge in [0.1, 0.15) is 0 Å². The first-order chi connectivity index (χ1) is 9.86. The largest absolute Gasteiger partial charge is 0.391 e. The standard InChI is InChI=1S/C16H30N2O3/c1-4-6-13(15(17)20)14(9-11(2)3)16(21)18-8-5-7-12(19)10-18/h11-14,19H,4-10H2,1-3H3,(H2,17,20)/t12?,13-,14+/m0/s1. The van der Waals surface area contributed by atoms with E-state index in [1.165, 1.54) is 0 Å². The number of β-amino-alcohol motifs (C(OH)–C–C–N with tert-alkyl or cyclic N) is 1. The van der Waals surface area contributed by atoms with Crippen LogP contribution in [0.1, 0.15) is 52.9 Å². The summed E-state index contributed by atoms with van der Waals surface area (Å²) in [6.45, 7) is 7.15. The van der Waals surface area contributed by atoms with Crippen molar-refractivity contribution in [3.63, 3.8) is 0 Å². The summed E-state index contributed by atoms with van der Waals surface area (Å²) in [7, 11) is 0. The van der Waals surface area contributed by atoms with Crippen LogP contribution in [0.4, 0.5) is 0 Å². The van der Waals surface area contributed by atoms with Crippen molar-refractivity contribution in [3.05, 3.63) is 0 Å². The molecule has 0 aromatic carbocycles. The van der Waals surface area contributed by atoms with E-state index >= 15 is 0 Å². The van der Waals surface area contributed by atoms with E-state index in [2.05, 4.69) is 13.8 Å². The molecule has 21 heavy (non-hydrogen) atoms. The van der Waals surface area contributed by atoms with Crippen molar-refractivity contribution in [2.75, 3.05) is 13.1 Å². The van der Waals surface area contributed by atoms with Crippen molar-refractivity contribution >= 4 is 11.8 Å². The Morgan fingerprint density at radius 2 is 2.00 bits per heavy atom. The number of carbonyl (C=O) groups excluding carboxylic acids is 2. The van der Waals surface area contributed by atoms with Gasteiger partial charge in [-0.25, -0.2) is 0 Å². The fourth-order valence-corrected chi connectivity index (χ4v) is 3.19. The van der Waals surface area contributed by atoms with E-state index in [0.29, 0.717) is 31.8 Å². The first-order valence-corrected chi connectivity index (χ1v) is 8.12. The van der Waals surface area contributed by atoms with Crippen LogP contribution in [0.5, 0.6) is 0 Å². The molecule has 1 saturated heterocycles. The molecule has 0 aliphatic carbocycles. The van der Waals surface area contributed by atoms with Gasteiger partial charge >= 0.3 is 0 Å². The van der Waals surface area contributed by atoms with E-state index in [9.17, 15) is 14.7 Å². The molecule has 1 aliphatic rings. The Balaban J connectivity index is 2.88. The normalized spacial score (nSPS) is 22.1. The van der Waals surface area contributed by atoms with Crippen LogP contribution in [0.25, 0.3) is 0 Å². The van der Waals surface area contributed by atoms with Gasteiger partial charge in [-0.2, -0.15) is 0 Å². The Hall–Kier alpha value is -1.10. The lowest BCUT2D eigenvalue weighted by Crippen LogP contribution is -2.48. The molecule has 0 aromatic rings. The number of likely N-dealkylation sites (tertiary alicyclic amines) is 1. The molecule has 122 valence electrons. The number of piperidine rings is 1. The Morgan fingerprint density at radius 1 is 1.33 bits per heavy atom. The van der Waals surface area contributed by atoms with Gasteiger partial charge in [-0.1, -0.05) is 27.2 Å². The van der Waals surface area contributed by atoms with Crippen LogP contribution >= 0.6 is 0 Å². The maximum Gasteiger partial charge on any atom is 0.226 e. The highest BCUT2D eigenvalue weighted by Gasteiger charge is 2.36. The topological polar surface area (TPSA) is 83.6 Å². The van der Waals surface area contributed by atoms with Gasteiger partial charge < -0.3 is 15.7 Å². The number of rotatable bonds is 7. The lowest BCUT2D eigenvalue weighted by Gasteiger charge is -2.35. The molecule has 3 atom stereocenters. The molecule has 0 spiro atoms. The number of aliphatic hydroxyl groups is 1. The van der Waals surface area contributed by atoms with Crippen LogP contribution in [0.15, 0.2) is 0 Å². The second-order valence-electron chi connectivity index (χ2n) is 6.61. The number of hydrogen-bond acceptors (Lipinski definition) is 3. The number of carbonyl (C=O) groups is 2. The minimum Gasteiger partial charge on any atom is -0.391 e. The van der Waals surface area contributed by atoms with Crippen LogP contribution in [-0.4, -0.2) is 41.0 Å². The summed E-state index contributed by atoms with van der Waals surface area (Å²) in [4.78, 5) is 26.3. The molecule has 5 nitrogen and oxygen atoms in total. The van der Waals surface area contributed by atoms with Crippen molar-refractivity contribution in [1.29, 1.82) is 0 Å². The first-order valence-electron chi connectivity index (χ1n) is 8.12. The van der Waals surface area contributed by atoms with Gasteiger partial charge in [0.15, 0.2) is 0 Å². The van der Waals surface area contributed by atoms with E-state index in [0.717, 1.165) is 19.3 Å². The summed E-state index contributed by atoms with van der Waals surface area (Å²) in [5.41, 5.74) is 5.53. The third-order valence-corrected chi connectivity index (χ3v) is 4.20. The molecule has 1 unspecified atom stereocenters. The number of nitrogens with zero attached hydrogens (tertiary/aromatic N) is 1. The Labute approximate surface area is 127 Å². The maximum absolute atomic E-state index is 12.8. The molecule has 5 heteroatoms. The maximum atomic E-state index is 12.8. The Morgan fingerprint density at radius 3 is 2.48 bits per heavy atom. The minimum atomic E-state index is -0.444. The summed E-state index contributed by atoms with van der Waals surface area (Å²) in [5, 5.41) is 9.76. The van der Waals surface area contributed by atoms with Crippen molar-refractivity contribution in [1.82, 2.24) is 4.90 Å². The van der Waals surface area contributed by atoms with Crippen molar-refractivity contribution in [2.45, 2.75) is 59.0 Å². The second kappa shape index (κ2) is 8.37. The molecule has 0 aromatic heterocycles. The van der Waals surface area contributed by atoms with Crippen LogP contribution in [0.3, 0.4) is 0 Å². The molecule has 2 amide bonds. The van der Waals surface area contributed by atoms with E-state index in [1.54, 1.807) is 4.90 Å². The first kappa shape index (κ1) is 18.0. The van der Waals surface area contributed by atoms with E-state index in [4.69, 9.17) is 5.73 Å². The molecular weight excluding hydrogens is 268 g/mol. The van der Waals surface area contributed by atoms with Crippen LogP contribution in [-0.2, 0) is 9.59 Å². The number of primary amides is 1. The van der Waals surface area contributed by atoms with Gasteiger partial charge in [0.2, 0.25) is 11.8 Å². The highest BCUT2D eigenvalue weighted by atomic mass is 16.3. The number of aliphatic hydroxyl groups excluding tert-OH is 1. The number of hydrogen-bond donors (Lipinski definition) is 2. The fourth-order valence-electron chi connectivity index (χ4n) is 3.19. The van der Waals surface area contributed by atoms with Gasteiger partial charge in [0.25, 0.3) is 0 Å². The quantitative estimate of drug-likeness (QED) is 0.747. The highest BCUT2D eigenvalue weighted by molar-refractivity contribution is 5.87. The smallest absolute Gasteiger partial charge is 0.226 e. The fraction of sp³-hybridized carbons (Fsp3) is 0.875. The predicted molar refractivity (Wildman–Crippen MR) is 82.4 cm³/mol. The zero-order chi connectivity index (χ0) is 16.0. The Kier molecular flexibility index (Phi) is 7.15. The molecule has 0 radical (unpaired) electrons. The van der Waals surface area contributed by atoms with Gasteiger partial charge in [-0.15, -0.1) is 0 Å². The number of amides is 2. The average Bonchev–Trinajstić information content (AvgIpc) is 2.41. The van der Waals surface area contributed by atoms with Gasteiger partial charge in [0.05, 0.1) is 6.10 Å². The number of nitrogens with two attached hydrogens (primary N) is 1. The summed E-state index contributed by atoms with van der Waals surface area (Å²) < 4.78 is 0. The SMILES string of the molecule is CCC[C@H](C(N)=O)[C@@H](CC(C)C)C(=O)N1CCCC(O)C1. The predicted octanol–water partition coefficient (Wildman–Crippen LogP) is 1.53. The third-order valence-electron chi connectivity index (χ3n) is 4.20. The minimum absolute atomic E-state index is 0.0142. The molecule has 3 N–H and O–H groups in total. The highest BCUT2D eigenvalue weighted by Crippen LogP contribution is 2.28. The van der Waals surface area contributed by atoms with Crippen molar-refractivity contribution < 1.29 is 14.7 Å². The zero-order valence-corrected chi connectivity index (χ0v) is 13.5. The van der Waals surface area contributed by atoms with Gasteiger partial charge in [0, 0.05) is 24.9 Å². The van der Waals surface area contributed by atoms with Gasteiger partial charge in [-0.3, -0.25) is 9.59 Å². The molecule has 0 bridgehead atoms. The lowest BCUT2D eigenvalue weighted by molar-refractivity contribution is -0.144. The average molecular weight is 298 g/mol. The van der Waals surface area contributed by atoms with Crippen molar-refractivity contribution in [2.24, 2.45) is 23.5 Å². The Bertz CT molecular complexity index is 357. The van der Waals surface area contributed by atoms with Crippen molar-refractivity contribution in [3.8, 4) is 0 Å². The molecule has 1 rings (SSSR count). The van der Waals surface area contributed by atoms with E-state index < -0.39 is 12.0 Å². The van der Waals surface area contributed by atoms with Gasteiger partial charge in [-0.05, 0) is 31.6 Å². The van der Waals surface area contributed by atoms with Crippen LogP contribution in [0, 0.1) is 17.8 Å². The molecular formula is C16H30N2O3. The molecule has 0 saturated carbocycles. The molecule has 1 aliphatic heterocycles. The summed E-state index contributed by atoms with van der Waals surface area (Å²) >= 11 is 0. The summed E-state index contributed by atoms with van der Waals surface area (Å²) in [6.07, 6.45) is 3.26. The second-order valence-corrected chi connectivity index (χ2v) is 6.61. The van der Waals surface area contributed by atoms with Crippen LogP contribution < -0.4 is 5.73 Å². The van der Waals surface area contributed by atoms with E-state index in [1.807, 2.05) is 6.92 Å². The van der Waals surface area contributed by atoms with E-state index in [-0.39, 0.29) is 17.7 Å². The monoisotopic (exact) mass is 298 g/mol. The molecule has 1 fully saturated rings. The molecule has 1 heterocycles. The zero-order valence-electron chi connectivity index (χ0n) is 13.5. The van der Waals surface area contributed by atoms with Crippen LogP contribution in [0.2, 0.25) is 0 Å². The summed E-state index contributed by atoms with van der Waals surface area (Å²) in [6, 6.07) is 0. The lowest BCUT2D eigenvalue weighted by atomic mass is 9.81.